The number of carbonyl (C=O) groups excluding carboxylic acids is 2. The molecule has 0 bridgehead atoms. The maximum absolute atomic E-state index is 13.5. The van der Waals surface area contributed by atoms with Gasteiger partial charge < -0.3 is 14.8 Å². The van der Waals surface area contributed by atoms with Gasteiger partial charge in [0.15, 0.2) is 0 Å². The van der Waals surface area contributed by atoms with Gasteiger partial charge in [-0.1, -0.05) is 25.1 Å². The monoisotopic (exact) mass is 457 g/mol. The minimum atomic E-state index is -0.385. The van der Waals surface area contributed by atoms with Gasteiger partial charge in [-0.3, -0.25) is 19.5 Å². The van der Waals surface area contributed by atoms with Gasteiger partial charge in [0.1, 0.15) is 17.2 Å². The number of nitrogens with zero attached hydrogens (tertiary/aromatic N) is 2. The van der Waals surface area contributed by atoms with Crippen molar-refractivity contribution < 1.29 is 19.1 Å². The zero-order valence-electron chi connectivity index (χ0n) is 19.3. The highest BCUT2D eigenvalue weighted by atomic mass is 16.5. The number of anilines is 1. The molecule has 34 heavy (non-hydrogen) atoms. The second-order valence-corrected chi connectivity index (χ2v) is 7.76. The molecule has 0 spiro atoms. The summed E-state index contributed by atoms with van der Waals surface area (Å²) >= 11 is 0. The second-order valence-electron chi connectivity index (χ2n) is 7.76. The van der Waals surface area contributed by atoms with Crippen LogP contribution in [0.3, 0.4) is 0 Å². The summed E-state index contributed by atoms with van der Waals surface area (Å²) in [5.41, 5.74) is 2.66. The minimum Gasteiger partial charge on any atom is -0.494 e. The van der Waals surface area contributed by atoms with E-state index in [1.807, 2.05) is 56.3 Å². The average Bonchev–Trinajstić information content (AvgIpc) is 3.09. The van der Waals surface area contributed by atoms with Gasteiger partial charge in [0.2, 0.25) is 0 Å². The molecule has 0 atom stereocenters. The number of ether oxygens (including phenoxy) is 2. The molecule has 2 heterocycles. The number of rotatable bonds is 10. The van der Waals surface area contributed by atoms with Crippen LogP contribution in [0.1, 0.15) is 31.4 Å². The minimum absolute atomic E-state index is 0.140. The lowest BCUT2D eigenvalue weighted by Crippen LogP contribution is -2.32. The van der Waals surface area contributed by atoms with E-state index in [0.29, 0.717) is 30.0 Å². The summed E-state index contributed by atoms with van der Waals surface area (Å²) in [6, 6.07) is 18.1. The highest BCUT2D eigenvalue weighted by Crippen LogP contribution is 2.32. The summed E-state index contributed by atoms with van der Waals surface area (Å²) in [5.74, 6) is 0.710. The molecule has 1 aliphatic heterocycles. The lowest BCUT2D eigenvalue weighted by molar-refractivity contribution is -0.137. The van der Waals surface area contributed by atoms with Crippen LogP contribution in [0.15, 0.2) is 78.8 Å². The van der Waals surface area contributed by atoms with Crippen LogP contribution >= 0.6 is 0 Å². The SMILES string of the molecule is CCCOc1ccc(C2=C(Nc3ccc(OCC)cc3)C(=O)N(Cc3cccnc3)C2=O)cc1. The first-order valence-electron chi connectivity index (χ1n) is 11.3. The van der Waals surface area contributed by atoms with Crippen LogP contribution in [0.4, 0.5) is 5.69 Å². The number of benzene rings is 2. The van der Waals surface area contributed by atoms with Crippen LogP contribution in [-0.2, 0) is 16.1 Å². The molecule has 4 rings (SSSR count). The van der Waals surface area contributed by atoms with E-state index in [0.717, 1.165) is 23.5 Å². The molecule has 7 nitrogen and oxygen atoms in total. The lowest BCUT2D eigenvalue weighted by Gasteiger charge is -2.15. The molecule has 1 N–H and O–H groups in total. The van der Waals surface area contributed by atoms with Gasteiger partial charge in [-0.25, -0.2) is 0 Å². The van der Waals surface area contributed by atoms with Crippen molar-refractivity contribution in [3.63, 3.8) is 0 Å². The van der Waals surface area contributed by atoms with Gasteiger partial charge in [-0.05, 0) is 66.9 Å². The molecule has 0 fully saturated rings. The number of hydrogen-bond acceptors (Lipinski definition) is 6. The van der Waals surface area contributed by atoms with Crippen molar-refractivity contribution in [2.24, 2.45) is 0 Å². The van der Waals surface area contributed by atoms with Crippen LogP contribution in [-0.4, -0.2) is 34.9 Å². The smallest absolute Gasteiger partial charge is 0.278 e. The Bertz CT molecular complexity index is 1170. The zero-order valence-corrected chi connectivity index (χ0v) is 19.3. The quantitative estimate of drug-likeness (QED) is 0.446. The van der Waals surface area contributed by atoms with Crippen molar-refractivity contribution in [3.05, 3.63) is 89.9 Å². The van der Waals surface area contributed by atoms with E-state index in [4.69, 9.17) is 9.47 Å². The Balaban J connectivity index is 1.67. The standard InChI is InChI=1S/C27H27N3O4/c1-3-16-34-23-11-7-20(8-12-23)24-25(29-21-9-13-22(14-10-21)33-4-2)27(32)30(26(24)31)18-19-6-5-15-28-17-19/h5-15,17,29H,3-4,16,18H2,1-2H3. The van der Waals surface area contributed by atoms with Gasteiger partial charge in [0.25, 0.3) is 11.8 Å². The largest absolute Gasteiger partial charge is 0.494 e. The zero-order chi connectivity index (χ0) is 23.9. The maximum Gasteiger partial charge on any atom is 0.278 e. The molecular formula is C27H27N3O4. The lowest BCUT2D eigenvalue weighted by atomic mass is 10.0. The molecule has 0 unspecified atom stereocenters. The van der Waals surface area contributed by atoms with Gasteiger partial charge in [0, 0.05) is 18.1 Å². The average molecular weight is 458 g/mol. The van der Waals surface area contributed by atoms with E-state index >= 15 is 0 Å². The van der Waals surface area contributed by atoms with Crippen molar-refractivity contribution in [1.29, 1.82) is 0 Å². The Kier molecular flexibility index (Phi) is 7.22. The highest BCUT2D eigenvalue weighted by molar-refractivity contribution is 6.36. The van der Waals surface area contributed by atoms with Crippen molar-refractivity contribution in [3.8, 4) is 11.5 Å². The maximum atomic E-state index is 13.5. The number of aromatic nitrogens is 1. The van der Waals surface area contributed by atoms with Gasteiger partial charge in [-0.15, -0.1) is 0 Å². The molecule has 3 aromatic rings. The van der Waals surface area contributed by atoms with Crippen molar-refractivity contribution in [2.45, 2.75) is 26.8 Å². The molecular weight excluding hydrogens is 430 g/mol. The topological polar surface area (TPSA) is 80.8 Å². The number of imide groups is 1. The van der Waals surface area contributed by atoms with Gasteiger partial charge >= 0.3 is 0 Å². The van der Waals surface area contributed by atoms with Crippen LogP contribution < -0.4 is 14.8 Å². The molecule has 0 aliphatic carbocycles. The van der Waals surface area contributed by atoms with E-state index in [1.165, 1.54) is 4.90 Å². The van der Waals surface area contributed by atoms with Crippen LogP contribution in [0.2, 0.25) is 0 Å². The van der Waals surface area contributed by atoms with Crippen LogP contribution in [0, 0.1) is 0 Å². The fraction of sp³-hybridized carbons (Fsp3) is 0.222. The number of amides is 2. The summed E-state index contributed by atoms with van der Waals surface area (Å²) < 4.78 is 11.2. The molecule has 0 saturated heterocycles. The third-order valence-electron chi connectivity index (χ3n) is 5.28. The number of carbonyl (C=O) groups is 2. The fourth-order valence-corrected chi connectivity index (χ4v) is 3.66. The number of hydrogen-bond donors (Lipinski definition) is 1. The summed E-state index contributed by atoms with van der Waals surface area (Å²) in [5, 5.41) is 3.17. The van der Waals surface area contributed by atoms with Gasteiger partial charge in [0.05, 0.1) is 25.3 Å². The second kappa shape index (κ2) is 10.7. The first-order chi connectivity index (χ1) is 16.6. The third-order valence-corrected chi connectivity index (χ3v) is 5.28. The van der Waals surface area contributed by atoms with E-state index < -0.39 is 0 Å². The highest BCUT2D eigenvalue weighted by Gasteiger charge is 2.39. The molecule has 2 amide bonds. The Hall–Kier alpha value is -4.13. The molecule has 1 aromatic heterocycles. The van der Waals surface area contributed by atoms with E-state index in [2.05, 4.69) is 10.3 Å². The van der Waals surface area contributed by atoms with E-state index in [1.54, 1.807) is 30.6 Å². The van der Waals surface area contributed by atoms with Crippen molar-refractivity contribution >= 4 is 23.1 Å². The summed E-state index contributed by atoms with van der Waals surface area (Å²) in [6.45, 7) is 5.28. The van der Waals surface area contributed by atoms with E-state index in [-0.39, 0.29) is 24.1 Å². The summed E-state index contributed by atoms with van der Waals surface area (Å²) in [4.78, 5) is 32.2. The molecule has 0 radical (unpaired) electrons. The Morgan fingerprint density at radius 1 is 0.882 bits per heavy atom. The first-order valence-corrected chi connectivity index (χ1v) is 11.3. The van der Waals surface area contributed by atoms with Gasteiger partial charge in [-0.2, -0.15) is 0 Å². The molecule has 0 saturated carbocycles. The molecule has 174 valence electrons. The summed E-state index contributed by atoms with van der Waals surface area (Å²) in [6.07, 6.45) is 4.21. The fourth-order valence-electron chi connectivity index (χ4n) is 3.66. The Morgan fingerprint density at radius 2 is 1.59 bits per heavy atom. The predicted molar refractivity (Wildman–Crippen MR) is 130 cm³/mol. The van der Waals surface area contributed by atoms with E-state index in [9.17, 15) is 9.59 Å². The van der Waals surface area contributed by atoms with Crippen molar-refractivity contribution in [1.82, 2.24) is 9.88 Å². The third kappa shape index (κ3) is 5.09. The number of nitrogens with one attached hydrogen (secondary N) is 1. The molecule has 7 heteroatoms. The Labute approximate surface area is 199 Å². The predicted octanol–water partition coefficient (Wildman–Crippen LogP) is 4.66. The summed E-state index contributed by atoms with van der Waals surface area (Å²) in [7, 11) is 0. The van der Waals surface area contributed by atoms with Crippen LogP contribution in [0.5, 0.6) is 11.5 Å². The molecule has 1 aliphatic rings. The number of pyridine rings is 1. The normalized spacial score (nSPS) is 13.4. The Morgan fingerprint density at radius 3 is 2.24 bits per heavy atom. The first kappa shape index (κ1) is 23.0. The van der Waals surface area contributed by atoms with Crippen molar-refractivity contribution in [2.75, 3.05) is 18.5 Å². The van der Waals surface area contributed by atoms with Crippen LogP contribution in [0.25, 0.3) is 5.57 Å². The molecule has 2 aromatic carbocycles.